The first-order chi connectivity index (χ1) is 2.27. The van der Waals surface area contributed by atoms with Crippen molar-refractivity contribution in [2.75, 3.05) is 0 Å². The Labute approximate surface area is 49.9 Å². The Hall–Kier alpha value is -0.120. The van der Waals surface area contributed by atoms with E-state index in [1.165, 1.54) is 0 Å². The molecule has 0 aliphatic rings. The van der Waals surface area contributed by atoms with Crippen LogP contribution in [0.1, 0.15) is 0 Å². The molecule has 0 aromatic rings. The smallest absolute Gasteiger partial charge is 0.542 e. The van der Waals surface area contributed by atoms with E-state index in [2.05, 4.69) is 0 Å². The Bertz CT molecular complexity index is 59.8. The summed E-state index contributed by atoms with van der Waals surface area (Å²) in [5, 5.41) is 8.89. The van der Waals surface area contributed by atoms with Gasteiger partial charge in [-0.2, -0.15) is 0 Å². The summed E-state index contributed by atoms with van der Waals surface area (Å²) in [6.45, 7) is 0. The van der Waals surface area contributed by atoms with E-state index >= 15 is 0 Å². The van der Waals surface area contributed by atoms with E-state index < -0.39 is 5.97 Å². The van der Waals surface area contributed by atoms with Crippen LogP contribution in [0.25, 0.3) is 0 Å². The van der Waals surface area contributed by atoms with Gasteiger partial charge in [-0.1, -0.05) is 0 Å². The van der Waals surface area contributed by atoms with E-state index in [1.54, 1.807) is 0 Å². The largest absolute Gasteiger partial charge is 1.00 e. The molecule has 0 saturated heterocycles. The number of carboxylic acids is 1. The fourth-order valence-electron chi connectivity index (χ4n) is 0. The molecule has 4 heteroatoms. The summed E-state index contributed by atoms with van der Waals surface area (Å²) in [6.07, 6.45) is -0.278. The summed E-state index contributed by atoms with van der Waals surface area (Å²) in [6, 6.07) is 0. The molecule has 0 aliphatic carbocycles. The molecular formula is C2HAgO3. The van der Waals surface area contributed by atoms with Gasteiger partial charge < -0.3 is 9.90 Å². The second kappa shape index (κ2) is 4.88. The topological polar surface area (TPSA) is 57.2 Å². The average molecular weight is 181 g/mol. The standard InChI is InChI=1S/C2H2O3.Ag/c3-1-2(4)5;/h1H,(H,4,5);/q;+1/p-1. The summed E-state index contributed by atoms with van der Waals surface area (Å²) in [4.78, 5) is 17.7. The average Bonchev–Trinajstić information content (AvgIpc) is 1.38. The van der Waals surface area contributed by atoms with E-state index in [0.717, 1.165) is 0 Å². The van der Waals surface area contributed by atoms with Crippen LogP contribution >= 0.6 is 0 Å². The van der Waals surface area contributed by atoms with Crippen molar-refractivity contribution in [1.29, 1.82) is 0 Å². The first-order valence-corrected chi connectivity index (χ1v) is 0.933. The second-order valence-corrected chi connectivity index (χ2v) is 0.437. The third-order valence-corrected chi connectivity index (χ3v) is 0.0962. The molecule has 0 aromatic heterocycles. The van der Waals surface area contributed by atoms with Crippen molar-refractivity contribution in [3.8, 4) is 0 Å². The molecule has 6 heavy (non-hydrogen) atoms. The van der Waals surface area contributed by atoms with Crippen LogP contribution in [0, 0.1) is 0 Å². The van der Waals surface area contributed by atoms with Crippen molar-refractivity contribution < 1.29 is 37.1 Å². The number of aliphatic carboxylic acids is 1. The Kier molecular flexibility index (Phi) is 7.57. The monoisotopic (exact) mass is 180 g/mol. The van der Waals surface area contributed by atoms with Crippen LogP contribution in [0.15, 0.2) is 0 Å². The molecule has 0 radical (unpaired) electrons. The Morgan fingerprint density at radius 3 is 1.83 bits per heavy atom. The minimum atomic E-state index is -1.68. The molecule has 38 valence electrons. The minimum Gasteiger partial charge on any atom is -0.542 e. The zero-order valence-corrected chi connectivity index (χ0v) is 4.09. The molecule has 0 spiro atoms. The summed E-state index contributed by atoms with van der Waals surface area (Å²) < 4.78 is 0. The quantitative estimate of drug-likeness (QED) is 0.265. The van der Waals surface area contributed by atoms with Crippen LogP contribution in [0.5, 0.6) is 0 Å². The van der Waals surface area contributed by atoms with E-state index in [-0.39, 0.29) is 28.7 Å². The molecule has 0 aliphatic heterocycles. The van der Waals surface area contributed by atoms with E-state index in [1.807, 2.05) is 0 Å². The first-order valence-electron chi connectivity index (χ1n) is 0.933. The normalized spacial score (nSPS) is 5.33. The van der Waals surface area contributed by atoms with E-state index in [4.69, 9.17) is 14.7 Å². The number of carbonyl (C=O) groups is 2. The van der Waals surface area contributed by atoms with E-state index in [0.29, 0.717) is 0 Å². The van der Waals surface area contributed by atoms with Crippen molar-refractivity contribution in [3.05, 3.63) is 0 Å². The van der Waals surface area contributed by atoms with Gasteiger partial charge in [-0.05, 0) is 0 Å². The summed E-state index contributed by atoms with van der Waals surface area (Å²) in [5.41, 5.74) is 0. The fourth-order valence-corrected chi connectivity index (χ4v) is 0. The van der Waals surface area contributed by atoms with Crippen LogP contribution in [-0.2, 0) is 32.0 Å². The number of hydrogen-bond acceptors (Lipinski definition) is 3. The molecule has 0 atom stereocenters. The molecule has 0 heterocycles. The molecule has 0 rings (SSSR count). The maximum atomic E-state index is 8.89. The van der Waals surface area contributed by atoms with Gasteiger partial charge in [0.2, 0.25) is 0 Å². The number of hydrogen-bond donors (Lipinski definition) is 0. The maximum Gasteiger partial charge on any atom is 1.00 e. The fraction of sp³-hybridized carbons (Fsp3) is 0. The number of carboxylic acid groups (broad SMARTS) is 1. The van der Waals surface area contributed by atoms with Crippen LogP contribution in [-0.4, -0.2) is 12.3 Å². The summed E-state index contributed by atoms with van der Waals surface area (Å²) in [7, 11) is 0. The molecule has 0 saturated carbocycles. The molecule has 0 unspecified atom stereocenters. The maximum absolute atomic E-state index is 8.89. The van der Waals surface area contributed by atoms with Crippen molar-refractivity contribution in [2.24, 2.45) is 0 Å². The number of rotatable bonds is 1. The van der Waals surface area contributed by atoms with Gasteiger partial charge in [0, 0.05) is 0 Å². The predicted octanol–water partition coefficient (Wildman–Crippen LogP) is -2.07. The molecule has 0 fully saturated rings. The third-order valence-electron chi connectivity index (χ3n) is 0.0962. The zero-order valence-electron chi connectivity index (χ0n) is 2.60. The van der Waals surface area contributed by atoms with Gasteiger partial charge in [-0.15, -0.1) is 0 Å². The Balaban J connectivity index is 0. The molecule has 0 aromatic carbocycles. The van der Waals surface area contributed by atoms with Crippen molar-refractivity contribution in [2.45, 2.75) is 0 Å². The van der Waals surface area contributed by atoms with Gasteiger partial charge >= 0.3 is 22.4 Å². The predicted molar refractivity (Wildman–Crippen MR) is 11.1 cm³/mol. The van der Waals surface area contributed by atoms with Gasteiger partial charge in [0.15, 0.2) is 6.29 Å². The second-order valence-electron chi connectivity index (χ2n) is 0.437. The van der Waals surface area contributed by atoms with Crippen molar-refractivity contribution in [1.82, 2.24) is 0 Å². The Morgan fingerprint density at radius 2 is 1.83 bits per heavy atom. The SMILES string of the molecule is O=CC(=O)[O-].[Ag+]. The third kappa shape index (κ3) is 9.11. The number of carbonyl (C=O) groups excluding carboxylic acids is 2. The molecule has 3 nitrogen and oxygen atoms in total. The molecular weight excluding hydrogens is 180 g/mol. The van der Waals surface area contributed by atoms with E-state index in [9.17, 15) is 0 Å². The van der Waals surface area contributed by atoms with Gasteiger partial charge in [0.25, 0.3) is 0 Å². The first kappa shape index (κ1) is 9.30. The van der Waals surface area contributed by atoms with Gasteiger partial charge in [-0.3, -0.25) is 4.79 Å². The van der Waals surface area contributed by atoms with Gasteiger partial charge in [0.1, 0.15) is 5.97 Å². The van der Waals surface area contributed by atoms with Crippen LogP contribution in [0.4, 0.5) is 0 Å². The van der Waals surface area contributed by atoms with Crippen molar-refractivity contribution in [3.63, 3.8) is 0 Å². The minimum absolute atomic E-state index is 0. The summed E-state index contributed by atoms with van der Waals surface area (Å²) in [5.74, 6) is -1.68. The molecule has 0 amide bonds. The van der Waals surface area contributed by atoms with Gasteiger partial charge in [-0.25, -0.2) is 0 Å². The zero-order chi connectivity index (χ0) is 4.28. The van der Waals surface area contributed by atoms with Crippen LogP contribution in [0.2, 0.25) is 0 Å². The molecule has 0 bridgehead atoms. The molecule has 0 N–H and O–H groups in total. The number of aldehydes is 1. The Morgan fingerprint density at radius 1 is 1.67 bits per heavy atom. The van der Waals surface area contributed by atoms with Gasteiger partial charge in [0.05, 0.1) is 0 Å². The van der Waals surface area contributed by atoms with Crippen LogP contribution < -0.4 is 5.11 Å². The van der Waals surface area contributed by atoms with Crippen molar-refractivity contribution >= 4 is 12.3 Å². The summed E-state index contributed by atoms with van der Waals surface area (Å²) >= 11 is 0. The van der Waals surface area contributed by atoms with Crippen LogP contribution in [0.3, 0.4) is 0 Å².